The van der Waals surface area contributed by atoms with Gasteiger partial charge in [-0.05, 0) is 0 Å². The summed E-state index contributed by atoms with van der Waals surface area (Å²) in [5.74, 6) is 0. The van der Waals surface area contributed by atoms with Crippen LogP contribution in [0.3, 0.4) is 0 Å². The second-order valence-electron chi connectivity index (χ2n) is 3.44. The van der Waals surface area contributed by atoms with Crippen molar-refractivity contribution in [2.45, 2.75) is 11.6 Å². The summed E-state index contributed by atoms with van der Waals surface area (Å²) in [5, 5.41) is 7.61. The number of hydrogen-bond donors (Lipinski definition) is 1. The normalized spacial score (nSPS) is 15.8. The van der Waals surface area contributed by atoms with Crippen molar-refractivity contribution < 1.29 is 35.1 Å². The summed E-state index contributed by atoms with van der Waals surface area (Å²) < 4.78 is 61.2. The van der Waals surface area contributed by atoms with Gasteiger partial charge in [0.15, 0.2) is 0 Å². The van der Waals surface area contributed by atoms with Crippen LogP contribution >= 0.6 is 15.2 Å². The lowest BCUT2D eigenvalue weighted by atomic mass is 10.6. The van der Waals surface area contributed by atoms with Crippen LogP contribution in [0.1, 0.15) is 2.74 Å². The third-order valence-corrected chi connectivity index (χ3v) is 7.63. The van der Waals surface area contributed by atoms with E-state index < -0.39 is 26.8 Å². The third kappa shape index (κ3) is 2.76. The molecule has 0 amide bonds. The van der Waals surface area contributed by atoms with E-state index in [-0.39, 0.29) is 0 Å². The van der Waals surface area contributed by atoms with Crippen LogP contribution in [0.2, 0.25) is 0 Å². The average Bonchev–Trinajstić information content (AvgIpc) is 3.07. The SMILES string of the molecule is [2H]C([2H])(n1ccnc1)C(O)(P(=O)(OC)OC)P(=O)(OC)OC. The minimum absolute atomic E-state index is 0.752. The number of rotatable bonds is 8. The smallest absolute Gasteiger partial charge is 0.366 e. The van der Waals surface area contributed by atoms with Crippen molar-refractivity contribution in [1.29, 1.82) is 0 Å². The molecule has 116 valence electrons. The zero-order chi connectivity index (χ0) is 17.2. The predicted octanol–water partition coefficient (Wildman–Crippen LogP) is 1.50. The molecule has 1 aromatic heterocycles. The molecule has 0 spiro atoms. The molecule has 0 atom stereocenters. The van der Waals surface area contributed by atoms with Crippen LogP contribution < -0.4 is 0 Å². The van der Waals surface area contributed by atoms with Gasteiger partial charge in [-0.3, -0.25) is 9.13 Å². The second kappa shape index (κ2) is 6.49. The maximum atomic E-state index is 12.8. The number of nitrogens with zero attached hydrogens (tertiary/aromatic N) is 2. The van der Waals surface area contributed by atoms with Gasteiger partial charge in [0.05, 0.1) is 15.6 Å². The maximum Gasteiger partial charge on any atom is 0.375 e. The van der Waals surface area contributed by atoms with Crippen molar-refractivity contribution in [1.82, 2.24) is 9.55 Å². The van der Waals surface area contributed by atoms with Crippen LogP contribution in [0.25, 0.3) is 0 Å². The van der Waals surface area contributed by atoms with Gasteiger partial charge < -0.3 is 27.8 Å². The lowest BCUT2D eigenvalue weighted by molar-refractivity contribution is 0.0907. The Morgan fingerprint density at radius 1 is 1.20 bits per heavy atom. The maximum absolute atomic E-state index is 12.8. The van der Waals surface area contributed by atoms with E-state index in [1.54, 1.807) is 0 Å². The molecule has 1 aromatic rings. The quantitative estimate of drug-likeness (QED) is 0.714. The fourth-order valence-corrected chi connectivity index (χ4v) is 5.40. The van der Waals surface area contributed by atoms with Crippen molar-refractivity contribution in [2.24, 2.45) is 0 Å². The molecular weight excluding hydrogens is 310 g/mol. The minimum atomic E-state index is -4.70. The molecule has 1 N–H and O–H groups in total. The molecule has 0 aliphatic heterocycles. The summed E-state index contributed by atoms with van der Waals surface area (Å²) in [6.07, 6.45) is 3.35. The first kappa shape index (κ1) is 14.4. The standard InChI is InChI=1S/C9H18N2O7P2/c1-15-19(13,16-2)9(12,20(14,17-3)18-4)7-11-6-5-10-8-11/h5-6,8,12H,7H2,1-4H3/i7D2. The Labute approximate surface area is 119 Å². The minimum Gasteiger partial charge on any atom is -0.366 e. The molecule has 0 radical (unpaired) electrons. The number of aliphatic hydroxyl groups is 1. The lowest BCUT2D eigenvalue weighted by Crippen LogP contribution is -2.36. The number of hydrogen-bond acceptors (Lipinski definition) is 8. The largest absolute Gasteiger partial charge is 0.375 e. The van der Waals surface area contributed by atoms with Crippen molar-refractivity contribution in [3.8, 4) is 0 Å². The topological polar surface area (TPSA) is 109 Å². The first-order valence-electron chi connectivity index (χ1n) is 6.24. The van der Waals surface area contributed by atoms with Gasteiger partial charge in [0.2, 0.25) is 0 Å². The van der Waals surface area contributed by atoms with Crippen molar-refractivity contribution in [3.05, 3.63) is 18.7 Å². The highest BCUT2D eigenvalue weighted by Crippen LogP contribution is 2.76. The molecule has 1 rings (SSSR count). The van der Waals surface area contributed by atoms with E-state index in [9.17, 15) is 14.2 Å². The highest BCUT2D eigenvalue weighted by Gasteiger charge is 2.64. The van der Waals surface area contributed by atoms with Gasteiger partial charge in [-0.1, -0.05) is 0 Å². The highest BCUT2D eigenvalue weighted by atomic mass is 31.2. The molecule has 0 fully saturated rings. The third-order valence-electron chi connectivity index (χ3n) is 2.51. The molecule has 0 saturated carbocycles. The highest BCUT2D eigenvalue weighted by molar-refractivity contribution is 7.73. The van der Waals surface area contributed by atoms with E-state index in [0.717, 1.165) is 45.5 Å². The molecule has 0 aliphatic carbocycles. The zero-order valence-corrected chi connectivity index (χ0v) is 13.2. The van der Waals surface area contributed by atoms with Gasteiger partial charge in [0, 0.05) is 40.8 Å². The second-order valence-corrected chi connectivity index (χ2v) is 8.54. The van der Waals surface area contributed by atoms with Gasteiger partial charge in [-0.2, -0.15) is 0 Å². The Morgan fingerprint density at radius 3 is 1.95 bits per heavy atom. The molecule has 0 unspecified atom stereocenters. The fourth-order valence-electron chi connectivity index (χ4n) is 1.43. The summed E-state index contributed by atoms with van der Waals surface area (Å²) in [7, 11) is -5.76. The van der Waals surface area contributed by atoms with Crippen molar-refractivity contribution in [2.75, 3.05) is 28.4 Å². The van der Waals surface area contributed by atoms with E-state index in [0.29, 0.717) is 0 Å². The predicted molar refractivity (Wildman–Crippen MR) is 70.4 cm³/mol. The van der Waals surface area contributed by atoms with Gasteiger partial charge in [-0.15, -0.1) is 0 Å². The Morgan fingerprint density at radius 2 is 1.65 bits per heavy atom. The monoisotopic (exact) mass is 330 g/mol. The molecular formula is C9H18N2O7P2. The summed E-state index contributed by atoms with van der Waals surface area (Å²) in [6.45, 7) is -2.97. The molecule has 0 aliphatic rings. The van der Waals surface area contributed by atoms with Crippen LogP contribution in [0.15, 0.2) is 18.7 Å². The van der Waals surface area contributed by atoms with E-state index in [1.807, 2.05) is 0 Å². The fraction of sp³-hybridized carbons (Fsp3) is 0.667. The molecule has 0 saturated heterocycles. The number of aromatic nitrogens is 2. The van der Waals surface area contributed by atoms with Crippen LogP contribution in [-0.2, 0) is 33.7 Å². The summed E-state index contributed by atoms with van der Waals surface area (Å²) in [6, 6.07) is 0. The van der Waals surface area contributed by atoms with Crippen LogP contribution in [-0.4, -0.2) is 48.2 Å². The molecule has 9 nitrogen and oxygen atoms in total. The van der Waals surface area contributed by atoms with Crippen LogP contribution in [0.5, 0.6) is 0 Å². The molecule has 0 aromatic carbocycles. The Kier molecular flexibility index (Phi) is 4.68. The van der Waals surface area contributed by atoms with E-state index in [4.69, 9.17) is 2.74 Å². The Balaban J connectivity index is 3.76. The lowest BCUT2D eigenvalue weighted by Gasteiger charge is -2.36. The van der Waals surface area contributed by atoms with E-state index in [1.165, 1.54) is 6.20 Å². The van der Waals surface area contributed by atoms with Crippen LogP contribution in [0.4, 0.5) is 0 Å². The van der Waals surface area contributed by atoms with Gasteiger partial charge in [0.25, 0.3) is 5.08 Å². The zero-order valence-electron chi connectivity index (χ0n) is 13.4. The van der Waals surface area contributed by atoms with Crippen LogP contribution in [0, 0.1) is 0 Å². The van der Waals surface area contributed by atoms with Crippen molar-refractivity contribution in [3.63, 3.8) is 0 Å². The first-order valence-corrected chi connectivity index (χ1v) is 8.32. The average molecular weight is 330 g/mol. The Bertz CT molecular complexity index is 553. The molecule has 11 heteroatoms. The van der Waals surface area contributed by atoms with E-state index >= 15 is 0 Å². The first-order chi connectivity index (χ1) is 10.1. The van der Waals surface area contributed by atoms with Gasteiger partial charge >= 0.3 is 15.2 Å². The molecule has 1 heterocycles. The Hall–Kier alpha value is -0.530. The molecule has 20 heavy (non-hydrogen) atoms. The summed E-state index contributed by atoms with van der Waals surface area (Å²) in [4.78, 5) is 3.64. The van der Waals surface area contributed by atoms with E-state index in [2.05, 4.69) is 23.1 Å². The summed E-state index contributed by atoms with van der Waals surface area (Å²) in [5.41, 5.74) is 0. The van der Waals surface area contributed by atoms with Crippen molar-refractivity contribution >= 4 is 15.2 Å². The van der Waals surface area contributed by atoms with Gasteiger partial charge in [0.1, 0.15) is 0 Å². The molecule has 0 bridgehead atoms. The number of imidazole rings is 1. The van der Waals surface area contributed by atoms with Gasteiger partial charge in [-0.25, -0.2) is 4.98 Å². The summed E-state index contributed by atoms with van der Waals surface area (Å²) >= 11 is 0.